The van der Waals surface area contributed by atoms with E-state index in [-0.39, 0.29) is 19.3 Å². The predicted octanol–water partition coefficient (Wildman–Crippen LogP) is 24.0. The van der Waals surface area contributed by atoms with Crippen LogP contribution in [-0.4, -0.2) is 95.9 Å². The Bertz CT molecular complexity index is 2590. The molecule has 5 atom stereocenters. The largest absolute Gasteiger partial charge is 0.472 e. The van der Waals surface area contributed by atoms with Crippen LogP contribution in [0.15, 0.2) is 170 Å². The molecule has 0 heterocycles. The van der Waals surface area contributed by atoms with Crippen LogP contribution in [-0.2, 0) is 55.8 Å². The maximum Gasteiger partial charge on any atom is 0.472 e. The lowest BCUT2D eigenvalue weighted by molar-refractivity contribution is -0.161. The molecular weight excluding hydrogens is 1360 g/mol. The minimum absolute atomic E-state index is 0.0683. The molecule has 0 aliphatic heterocycles. The van der Waals surface area contributed by atoms with Crippen molar-refractivity contribution in [2.45, 2.75) is 322 Å². The average Bonchev–Trinajstić information content (AvgIpc) is 0.941. The van der Waals surface area contributed by atoms with Crippen molar-refractivity contribution in [1.82, 2.24) is 0 Å². The fourth-order valence-electron chi connectivity index (χ4n) is 10.4. The quantitative estimate of drug-likeness (QED) is 0.0146. The van der Waals surface area contributed by atoms with Crippen LogP contribution in [0.3, 0.4) is 0 Å². The third-order valence-electron chi connectivity index (χ3n) is 16.4. The molecule has 4 N–H and O–H groups in total. The van der Waals surface area contributed by atoms with Gasteiger partial charge in [-0.1, -0.05) is 306 Å². The molecule has 598 valence electrons. The number of ether oxygens (including phenoxy) is 3. The minimum Gasteiger partial charge on any atom is -0.463 e. The summed E-state index contributed by atoms with van der Waals surface area (Å²) < 4.78 is 61.2. The number of carbonyl (C=O) groups excluding carboxylic acids is 3. The molecule has 0 bridgehead atoms. The van der Waals surface area contributed by atoms with E-state index in [0.29, 0.717) is 19.3 Å². The highest BCUT2D eigenvalue weighted by molar-refractivity contribution is 7.47. The fraction of sp³-hybridized carbons (Fsp3) is 0.644. The van der Waals surface area contributed by atoms with Crippen LogP contribution >= 0.6 is 15.6 Å². The second kappa shape index (κ2) is 78.5. The van der Waals surface area contributed by atoms with Crippen LogP contribution in [0.4, 0.5) is 0 Å². The predicted molar refractivity (Wildman–Crippen MR) is 435 cm³/mol. The summed E-state index contributed by atoms with van der Waals surface area (Å²) in [5, 5.41) is 20.7. The lowest BCUT2D eigenvalue weighted by Crippen LogP contribution is -2.30. The van der Waals surface area contributed by atoms with Gasteiger partial charge in [-0.25, -0.2) is 9.13 Å². The van der Waals surface area contributed by atoms with Gasteiger partial charge in [-0.3, -0.25) is 32.5 Å². The summed E-state index contributed by atoms with van der Waals surface area (Å²) >= 11 is 0. The van der Waals surface area contributed by atoms with Gasteiger partial charge in [0.1, 0.15) is 25.4 Å². The van der Waals surface area contributed by atoms with Crippen molar-refractivity contribution >= 4 is 33.6 Å². The smallest absolute Gasteiger partial charge is 0.463 e. The lowest BCUT2D eigenvalue weighted by Gasteiger charge is -2.21. The molecular formula is C87H144O16P2. The van der Waals surface area contributed by atoms with Crippen LogP contribution in [0.2, 0.25) is 0 Å². The van der Waals surface area contributed by atoms with E-state index in [0.717, 1.165) is 186 Å². The van der Waals surface area contributed by atoms with E-state index < -0.39 is 91.5 Å². The van der Waals surface area contributed by atoms with Crippen LogP contribution in [0.25, 0.3) is 0 Å². The number of aliphatic hydroxyl groups excluding tert-OH is 2. The van der Waals surface area contributed by atoms with E-state index >= 15 is 0 Å². The Morgan fingerprint density at radius 3 is 0.752 bits per heavy atom. The molecule has 0 saturated heterocycles. The monoisotopic (exact) mass is 1510 g/mol. The van der Waals surface area contributed by atoms with E-state index in [9.17, 15) is 43.5 Å². The first-order valence-corrected chi connectivity index (χ1v) is 43.4. The topological polar surface area (TPSA) is 231 Å². The molecule has 0 aliphatic carbocycles. The van der Waals surface area contributed by atoms with E-state index in [1.165, 1.54) is 57.8 Å². The summed E-state index contributed by atoms with van der Waals surface area (Å²) in [5.41, 5.74) is 0. The summed E-state index contributed by atoms with van der Waals surface area (Å²) in [6, 6.07) is 0. The first-order valence-electron chi connectivity index (χ1n) is 40.4. The Morgan fingerprint density at radius 1 is 0.267 bits per heavy atom. The minimum atomic E-state index is -4.95. The van der Waals surface area contributed by atoms with E-state index in [1.54, 1.807) is 0 Å². The number of phosphoric acid groups is 2. The fourth-order valence-corrected chi connectivity index (χ4v) is 12.0. The molecule has 18 heteroatoms. The van der Waals surface area contributed by atoms with Gasteiger partial charge >= 0.3 is 33.6 Å². The van der Waals surface area contributed by atoms with Crippen molar-refractivity contribution < 1.29 is 75.8 Å². The van der Waals surface area contributed by atoms with Gasteiger partial charge in [0.25, 0.3) is 0 Å². The highest BCUT2D eigenvalue weighted by Crippen LogP contribution is 2.45. The third kappa shape index (κ3) is 79.8. The van der Waals surface area contributed by atoms with Crippen molar-refractivity contribution in [2.75, 3.05) is 39.6 Å². The summed E-state index contributed by atoms with van der Waals surface area (Å²) in [6.07, 6.45) is 99.7. The number of rotatable bonds is 75. The summed E-state index contributed by atoms with van der Waals surface area (Å²) in [5.74, 6) is -1.62. The van der Waals surface area contributed by atoms with Crippen LogP contribution in [0, 0.1) is 0 Å². The second-order valence-electron chi connectivity index (χ2n) is 26.4. The molecule has 0 amide bonds. The Hall–Kier alpha value is -5.09. The molecule has 0 aromatic rings. The van der Waals surface area contributed by atoms with Crippen molar-refractivity contribution in [3.05, 3.63) is 170 Å². The molecule has 0 fully saturated rings. The van der Waals surface area contributed by atoms with Gasteiger partial charge in [0.05, 0.1) is 26.4 Å². The number of phosphoric ester groups is 2. The van der Waals surface area contributed by atoms with Crippen molar-refractivity contribution in [2.24, 2.45) is 0 Å². The number of hydrogen-bond donors (Lipinski definition) is 4. The Labute approximate surface area is 637 Å². The van der Waals surface area contributed by atoms with E-state index in [4.69, 9.17) is 32.3 Å². The Balaban J connectivity index is 4.60. The number of aliphatic hydroxyl groups is 2. The van der Waals surface area contributed by atoms with Crippen LogP contribution in [0.5, 0.6) is 0 Å². The van der Waals surface area contributed by atoms with Gasteiger partial charge in [0, 0.05) is 19.3 Å². The first-order chi connectivity index (χ1) is 51.2. The van der Waals surface area contributed by atoms with Gasteiger partial charge in [-0.2, -0.15) is 0 Å². The summed E-state index contributed by atoms with van der Waals surface area (Å²) in [4.78, 5) is 58.7. The number of allylic oxidation sites excluding steroid dienone is 28. The van der Waals surface area contributed by atoms with Crippen molar-refractivity contribution in [3.63, 3.8) is 0 Å². The van der Waals surface area contributed by atoms with Gasteiger partial charge in [-0.15, -0.1) is 0 Å². The van der Waals surface area contributed by atoms with Crippen molar-refractivity contribution in [1.29, 1.82) is 0 Å². The normalized spacial score (nSPS) is 14.8. The summed E-state index contributed by atoms with van der Waals surface area (Å²) in [7, 11) is -9.81. The second-order valence-corrected chi connectivity index (χ2v) is 29.3. The molecule has 0 spiro atoms. The van der Waals surface area contributed by atoms with Gasteiger partial charge in [0.2, 0.25) is 0 Å². The van der Waals surface area contributed by atoms with E-state index in [1.807, 2.05) is 0 Å². The zero-order valence-corrected chi connectivity index (χ0v) is 67.1. The van der Waals surface area contributed by atoms with Gasteiger partial charge in [-0.05, 0) is 148 Å². The SMILES string of the molecule is CC/C=C\C/C=C\C/C=C\C/C=C\C/C=C\CCCCCCCCCCCCCCCC(=O)OCC(O)COP(=O)(O)OCC(O)COP(=O)(O)OCC(COC(=O)CCCCCCCCC/C=C\C/C=C\C/C=C\C/C=C\C/C=C\CC)OC(=O)CCCCCC/C=C\C/C=C\C/C=C\C/C=C\CC. The molecule has 0 aromatic heterocycles. The summed E-state index contributed by atoms with van der Waals surface area (Å²) in [6.45, 7) is 2.30. The first kappa shape index (κ1) is 99.9. The Morgan fingerprint density at radius 2 is 0.476 bits per heavy atom. The number of hydrogen-bond acceptors (Lipinski definition) is 14. The molecule has 5 unspecified atom stereocenters. The lowest BCUT2D eigenvalue weighted by atomic mass is 10.0. The molecule has 0 aliphatic rings. The zero-order chi connectivity index (χ0) is 76.6. The highest BCUT2D eigenvalue weighted by Gasteiger charge is 2.29. The molecule has 0 saturated carbocycles. The highest BCUT2D eigenvalue weighted by atomic mass is 31.2. The van der Waals surface area contributed by atoms with Crippen LogP contribution < -0.4 is 0 Å². The molecule has 0 radical (unpaired) electrons. The average molecular weight is 1510 g/mol. The van der Waals surface area contributed by atoms with Crippen molar-refractivity contribution in [3.8, 4) is 0 Å². The third-order valence-corrected chi connectivity index (χ3v) is 18.3. The number of carbonyl (C=O) groups is 3. The van der Waals surface area contributed by atoms with E-state index in [2.05, 4.69) is 191 Å². The zero-order valence-electron chi connectivity index (χ0n) is 65.3. The number of unbranched alkanes of at least 4 members (excludes halogenated alkanes) is 24. The van der Waals surface area contributed by atoms with Gasteiger partial charge < -0.3 is 34.2 Å². The maximum absolute atomic E-state index is 13.0. The maximum atomic E-state index is 13.0. The molecule has 105 heavy (non-hydrogen) atoms. The van der Waals surface area contributed by atoms with Crippen LogP contribution in [0.1, 0.15) is 303 Å². The molecule has 16 nitrogen and oxygen atoms in total. The molecule has 0 aromatic carbocycles. The van der Waals surface area contributed by atoms with Gasteiger partial charge in [0.15, 0.2) is 6.10 Å². The molecule has 0 rings (SSSR count). The Kier molecular flexibility index (Phi) is 74.7. The standard InChI is InChI=1S/C87H144O16P2/c1-4-7-10-13-16-19-22-25-28-31-33-35-37-38-39-40-41-42-44-46-47-50-52-55-58-61-64-67-70-73-85(90)97-76-82(88)77-99-104(93,94)100-78-83(89)79-101-105(95,96)102-81-84(103-87(92)75-72-69-66-63-60-57-54-49-30-27-24-21-18-15-12-9-6-3)80-98-86(91)74-71-68-65-62-59-56-53-51-48-45-43-36-34-32-29-26-23-20-17-14-11-8-5-2/h7-12,16-21,25-30,33-36,38-39,45,48,54,57,82-84,88-89H,4-6,13-15,22-24,31-32,37,40-44,46-47,49-53,55-56,58-81H2,1-3H3,(H,93,94)(H,95,96)/b10-7-,11-8-,12-9-,19-16-,20-17-,21-18-,28-25-,29-26-,30-27-,35-33-,36-34-,39-38-,48-45-,57-54-. The number of esters is 3.